The molecule has 0 aliphatic carbocycles. The molecule has 17 heavy (non-hydrogen) atoms. The van der Waals surface area contributed by atoms with Crippen LogP contribution in [-0.4, -0.2) is 31.1 Å². The first-order valence-corrected chi connectivity index (χ1v) is 5.71. The number of carbonyl (C=O) groups excluding carboxylic acids is 1. The molecule has 5 nitrogen and oxygen atoms in total. The summed E-state index contributed by atoms with van der Waals surface area (Å²) in [6, 6.07) is 3.52. The molecule has 94 valence electrons. The van der Waals surface area contributed by atoms with Crippen LogP contribution in [0.15, 0.2) is 18.3 Å². The molecule has 0 fully saturated rings. The highest BCUT2D eigenvalue weighted by molar-refractivity contribution is 5.92. The van der Waals surface area contributed by atoms with E-state index < -0.39 is 0 Å². The topological polar surface area (TPSA) is 63.2 Å². The Morgan fingerprint density at radius 1 is 1.53 bits per heavy atom. The maximum atomic E-state index is 11.7. The Labute approximate surface area is 102 Å². The minimum Gasteiger partial charge on any atom is -0.478 e. The molecule has 0 saturated carbocycles. The third-order valence-corrected chi connectivity index (χ3v) is 2.25. The van der Waals surface area contributed by atoms with Gasteiger partial charge in [0.05, 0.1) is 18.5 Å². The van der Waals surface area contributed by atoms with Crippen LogP contribution in [0.3, 0.4) is 0 Å². The fraction of sp³-hybridized carbons (Fsp3) is 0.500. The predicted octanol–water partition coefficient (Wildman–Crippen LogP) is 1.27. The van der Waals surface area contributed by atoms with Crippen LogP contribution in [0.2, 0.25) is 0 Å². The first-order chi connectivity index (χ1) is 8.17. The Bertz CT molecular complexity index is 351. The van der Waals surface area contributed by atoms with Crippen LogP contribution in [0.4, 0.5) is 5.69 Å². The van der Waals surface area contributed by atoms with Gasteiger partial charge in [-0.3, -0.25) is 4.79 Å². The standard InChI is InChI=1S/C12H19N3O2/c1-4-17-11-6-5-10(8-14-11)15-12(16)9(2)7-13-3/h5-6,8-9,13H,4,7H2,1-3H3,(H,15,16). The van der Waals surface area contributed by atoms with Crippen molar-refractivity contribution in [3.8, 4) is 5.88 Å². The van der Waals surface area contributed by atoms with E-state index in [0.29, 0.717) is 24.7 Å². The van der Waals surface area contributed by atoms with Crippen molar-refractivity contribution < 1.29 is 9.53 Å². The lowest BCUT2D eigenvalue weighted by Crippen LogP contribution is -2.28. The Morgan fingerprint density at radius 2 is 2.29 bits per heavy atom. The number of amides is 1. The van der Waals surface area contributed by atoms with Gasteiger partial charge in [-0.25, -0.2) is 4.98 Å². The van der Waals surface area contributed by atoms with Crippen LogP contribution >= 0.6 is 0 Å². The van der Waals surface area contributed by atoms with Gasteiger partial charge in [0.25, 0.3) is 0 Å². The number of carbonyl (C=O) groups is 1. The predicted molar refractivity (Wildman–Crippen MR) is 67.1 cm³/mol. The number of pyridine rings is 1. The van der Waals surface area contributed by atoms with E-state index in [4.69, 9.17) is 4.74 Å². The molecule has 1 amide bonds. The van der Waals surface area contributed by atoms with Crippen molar-refractivity contribution in [1.29, 1.82) is 0 Å². The molecule has 1 aromatic heterocycles. The summed E-state index contributed by atoms with van der Waals surface area (Å²) in [7, 11) is 1.82. The molecular formula is C12H19N3O2. The highest BCUT2D eigenvalue weighted by Gasteiger charge is 2.11. The summed E-state index contributed by atoms with van der Waals surface area (Å²) < 4.78 is 5.22. The van der Waals surface area contributed by atoms with Gasteiger partial charge in [0.1, 0.15) is 0 Å². The Hall–Kier alpha value is -1.62. The van der Waals surface area contributed by atoms with Gasteiger partial charge in [-0.05, 0) is 20.0 Å². The van der Waals surface area contributed by atoms with E-state index in [9.17, 15) is 4.79 Å². The zero-order valence-electron chi connectivity index (χ0n) is 10.5. The zero-order chi connectivity index (χ0) is 12.7. The number of hydrogen-bond donors (Lipinski definition) is 2. The highest BCUT2D eigenvalue weighted by atomic mass is 16.5. The molecule has 0 aliphatic rings. The SMILES string of the molecule is CCOc1ccc(NC(=O)C(C)CNC)cn1. The van der Waals surface area contributed by atoms with Gasteiger partial charge in [-0.2, -0.15) is 0 Å². The summed E-state index contributed by atoms with van der Waals surface area (Å²) in [6.45, 7) is 5.00. The molecule has 2 N–H and O–H groups in total. The van der Waals surface area contributed by atoms with Crippen LogP contribution in [0.5, 0.6) is 5.88 Å². The van der Waals surface area contributed by atoms with Crippen LogP contribution in [0.25, 0.3) is 0 Å². The summed E-state index contributed by atoms with van der Waals surface area (Å²) in [5, 5.41) is 5.76. The van der Waals surface area contributed by atoms with Crippen molar-refractivity contribution in [1.82, 2.24) is 10.3 Å². The average molecular weight is 237 g/mol. The number of nitrogens with one attached hydrogen (secondary N) is 2. The maximum Gasteiger partial charge on any atom is 0.228 e. The van der Waals surface area contributed by atoms with E-state index in [1.807, 2.05) is 20.9 Å². The van der Waals surface area contributed by atoms with Crippen molar-refractivity contribution in [3.63, 3.8) is 0 Å². The van der Waals surface area contributed by atoms with Gasteiger partial charge in [0.15, 0.2) is 0 Å². The summed E-state index contributed by atoms with van der Waals surface area (Å²) in [4.78, 5) is 15.8. The average Bonchev–Trinajstić information content (AvgIpc) is 2.32. The largest absolute Gasteiger partial charge is 0.478 e. The quantitative estimate of drug-likeness (QED) is 0.782. The molecule has 0 saturated heterocycles. The number of hydrogen-bond acceptors (Lipinski definition) is 4. The fourth-order valence-corrected chi connectivity index (χ4v) is 1.35. The Balaban J connectivity index is 2.53. The van der Waals surface area contributed by atoms with E-state index in [2.05, 4.69) is 15.6 Å². The number of nitrogens with zero attached hydrogens (tertiary/aromatic N) is 1. The van der Waals surface area contributed by atoms with E-state index in [1.165, 1.54) is 0 Å². The summed E-state index contributed by atoms with van der Waals surface area (Å²) in [5.41, 5.74) is 0.682. The minimum atomic E-state index is -0.0773. The monoisotopic (exact) mass is 237 g/mol. The molecule has 1 rings (SSSR count). The lowest BCUT2D eigenvalue weighted by Gasteiger charge is -2.11. The minimum absolute atomic E-state index is 0.0229. The van der Waals surface area contributed by atoms with Crippen LogP contribution < -0.4 is 15.4 Å². The molecule has 0 aromatic carbocycles. The van der Waals surface area contributed by atoms with E-state index >= 15 is 0 Å². The number of anilines is 1. The van der Waals surface area contributed by atoms with Crippen molar-refractivity contribution in [2.45, 2.75) is 13.8 Å². The Morgan fingerprint density at radius 3 is 2.82 bits per heavy atom. The van der Waals surface area contributed by atoms with Crippen LogP contribution in [-0.2, 0) is 4.79 Å². The van der Waals surface area contributed by atoms with Crippen LogP contribution in [0.1, 0.15) is 13.8 Å². The number of aromatic nitrogens is 1. The maximum absolute atomic E-state index is 11.7. The molecular weight excluding hydrogens is 218 g/mol. The summed E-state index contributed by atoms with van der Waals surface area (Å²) in [5.74, 6) is 0.464. The molecule has 5 heteroatoms. The van der Waals surface area contributed by atoms with E-state index in [-0.39, 0.29) is 11.8 Å². The van der Waals surface area contributed by atoms with E-state index in [1.54, 1.807) is 18.3 Å². The van der Waals surface area contributed by atoms with Crippen LogP contribution in [0, 0.1) is 5.92 Å². The van der Waals surface area contributed by atoms with Gasteiger partial charge in [0, 0.05) is 18.5 Å². The van der Waals surface area contributed by atoms with Crippen molar-refractivity contribution in [2.75, 3.05) is 25.5 Å². The summed E-state index contributed by atoms with van der Waals surface area (Å²) in [6.07, 6.45) is 1.59. The van der Waals surface area contributed by atoms with Gasteiger partial charge >= 0.3 is 0 Å². The zero-order valence-corrected chi connectivity index (χ0v) is 10.5. The van der Waals surface area contributed by atoms with Crippen molar-refractivity contribution >= 4 is 11.6 Å². The lowest BCUT2D eigenvalue weighted by atomic mass is 10.1. The number of ether oxygens (including phenoxy) is 1. The second-order valence-corrected chi connectivity index (χ2v) is 3.77. The van der Waals surface area contributed by atoms with Gasteiger partial charge in [-0.15, -0.1) is 0 Å². The fourth-order valence-electron chi connectivity index (χ4n) is 1.35. The normalized spacial score (nSPS) is 11.9. The molecule has 0 radical (unpaired) electrons. The third-order valence-electron chi connectivity index (χ3n) is 2.25. The van der Waals surface area contributed by atoms with E-state index in [0.717, 1.165) is 0 Å². The second-order valence-electron chi connectivity index (χ2n) is 3.77. The Kier molecular flexibility index (Phi) is 5.42. The van der Waals surface area contributed by atoms with Crippen molar-refractivity contribution in [3.05, 3.63) is 18.3 Å². The molecule has 1 atom stereocenters. The first-order valence-electron chi connectivity index (χ1n) is 5.71. The molecule has 1 heterocycles. The molecule has 1 aromatic rings. The second kappa shape index (κ2) is 6.85. The molecule has 1 unspecified atom stereocenters. The lowest BCUT2D eigenvalue weighted by molar-refractivity contribution is -0.119. The summed E-state index contributed by atoms with van der Waals surface area (Å²) >= 11 is 0. The smallest absolute Gasteiger partial charge is 0.228 e. The van der Waals surface area contributed by atoms with Crippen molar-refractivity contribution in [2.24, 2.45) is 5.92 Å². The highest BCUT2D eigenvalue weighted by Crippen LogP contribution is 2.12. The first kappa shape index (κ1) is 13.4. The van der Waals surface area contributed by atoms with Gasteiger partial charge < -0.3 is 15.4 Å². The van der Waals surface area contributed by atoms with Gasteiger partial charge in [-0.1, -0.05) is 6.92 Å². The molecule has 0 aliphatic heterocycles. The number of rotatable bonds is 6. The third kappa shape index (κ3) is 4.40. The van der Waals surface area contributed by atoms with Gasteiger partial charge in [0.2, 0.25) is 11.8 Å². The molecule has 0 bridgehead atoms. The molecule has 0 spiro atoms.